The van der Waals surface area contributed by atoms with Crippen molar-refractivity contribution in [3.63, 3.8) is 0 Å². The molecule has 1 fully saturated rings. The standard InChI is InChI=1S/C22H25N5O3S/c1-14(2)11-15-13-31-21-18(15)20-23-19(16-7-6-10-30-16)24-27(20)22(29)26(21)12-17(28)25-8-4-3-5-9-25/h6-7,10,13-14H,3-5,8-9,11-12H2,1-2H3. The maximum Gasteiger partial charge on any atom is 0.352 e. The molecule has 1 amide bonds. The number of rotatable bonds is 5. The maximum absolute atomic E-state index is 13.4. The first-order chi connectivity index (χ1) is 15.0. The summed E-state index contributed by atoms with van der Waals surface area (Å²) < 4.78 is 8.33. The minimum absolute atomic E-state index is 0.0167. The Balaban J connectivity index is 1.68. The molecule has 4 aromatic heterocycles. The number of fused-ring (bicyclic) bond motifs is 3. The molecular weight excluding hydrogens is 414 g/mol. The summed E-state index contributed by atoms with van der Waals surface area (Å²) in [5.74, 6) is 1.30. The van der Waals surface area contributed by atoms with Crippen LogP contribution in [-0.4, -0.2) is 43.1 Å². The van der Waals surface area contributed by atoms with Gasteiger partial charge in [-0.3, -0.25) is 9.36 Å². The fourth-order valence-electron chi connectivity index (χ4n) is 4.25. The lowest BCUT2D eigenvalue weighted by Crippen LogP contribution is -2.40. The van der Waals surface area contributed by atoms with Crippen molar-refractivity contribution in [2.45, 2.75) is 46.1 Å². The minimum Gasteiger partial charge on any atom is -0.461 e. The van der Waals surface area contributed by atoms with Crippen LogP contribution in [0.25, 0.3) is 27.4 Å². The van der Waals surface area contributed by atoms with E-state index in [9.17, 15) is 9.59 Å². The Morgan fingerprint density at radius 3 is 2.77 bits per heavy atom. The molecule has 1 aliphatic rings. The maximum atomic E-state index is 13.4. The van der Waals surface area contributed by atoms with E-state index in [1.54, 1.807) is 23.0 Å². The summed E-state index contributed by atoms with van der Waals surface area (Å²) >= 11 is 1.49. The third-order valence-corrected chi connectivity index (χ3v) is 6.76. The Kier molecular flexibility index (Phi) is 5.13. The predicted molar refractivity (Wildman–Crippen MR) is 119 cm³/mol. The van der Waals surface area contributed by atoms with Crippen LogP contribution in [0.1, 0.15) is 38.7 Å². The SMILES string of the molecule is CC(C)Cc1csc2c1c1nc(-c3ccco3)nn1c(=O)n2CC(=O)N1CCCCC1. The third-order valence-electron chi connectivity index (χ3n) is 5.71. The molecule has 4 aromatic rings. The van der Waals surface area contributed by atoms with Crippen molar-refractivity contribution in [3.8, 4) is 11.6 Å². The Morgan fingerprint density at radius 1 is 1.26 bits per heavy atom. The lowest BCUT2D eigenvalue weighted by Gasteiger charge is -2.27. The average molecular weight is 440 g/mol. The molecule has 0 aliphatic carbocycles. The fraction of sp³-hybridized carbons (Fsp3) is 0.455. The van der Waals surface area contributed by atoms with Crippen LogP contribution in [0, 0.1) is 5.92 Å². The molecule has 1 aliphatic heterocycles. The molecule has 0 saturated carbocycles. The van der Waals surface area contributed by atoms with Crippen molar-refractivity contribution in [2.24, 2.45) is 5.92 Å². The molecule has 162 valence electrons. The van der Waals surface area contributed by atoms with Gasteiger partial charge in [0.15, 0.2) is 11.4 Å². The highest BCUT2D eigenvalue weighted by atomic mass is 32.1. The number of carbonyl (C=O) groups excluding carboxylic acids is 1. The van der Waals surface area contributed by atoms with E-state index in [0.29, 0.717) is 23.1 Å². The zero-order valence-corrected chi connectivity index (χ0v) is 18.5. The Bertz CT molecular complexity index is 1290. The number of carbonyl (C=O) groups is 1. The first-order valence-corrected chi connectivity index (χ1v) is 11.6. The van der Waals surface area contributed by atoms with E-state index >= 15 is 0 Å². The summed E-state index contributed by atoms with van der Waals surface area (Å²) in [6, 6.07) is 3.54. The van der Waals surface area contributed by atoms with Gasteiger partial charge in [-0.25, -0.2) is 9.78 Å². The quantitative estimate of drug-likeness (QED) is 0.474. The van der Waals surface area contributed by atoms with E-state index < -0.39 is 0 Å². The normalized spacial score (nSPS) is 14.9. The van der Waals surface area contributed by atoms with Gasteiger partial charge >= 0.3 is 5.69 Å². The van der Waals surface area contributed by atoms with Gasteiger partial charge in [0.1, 0.15) is 11.4 Å². The van der Waals surface area contributed by atoms with Crippen molar-refractivity contribution in [3.05, 3.63) is 39.8 Å². The van der Waals surface area contributed by atoms with Gasteiger partial charge in [0.25, 0.3) is 0 Å². The average Bonchev–Trinajstić information content (AvgIpc) is 3.50. The second-order valence-electron chi connectivity index (χ2n) is 8.50. The van der Waals surface area contributed by atoms with Gasteiger partial charge in [0, 0.05) is 13.1 Å². The number of hydrogen-bond acceptors (Lipinski definition) is 6. The largest absolute Gasteiger partial charge is 0.461 e. The number of nitrogens with zero attached hydrogens (tertiary/aromatic N) is 5. The molecule has 8 nitrogen and oxygen atoms in total. The molecule has 1 saturated heterocycles. The van der Waals surface area contributed by atoms with Crippen LogP contribution in [0.5, 0.6) is 0 Å². The van der Waals surface area contributed by atoms with Gasteiger partial charge < -0.3 is 9.32 Å². The predicted octanol–water partition coefficient (Wildman–Crippen LogP) is 3.58. The van der Waals surface area contributed by atoms with Gasteiger partial charge in [0.05, 0.1) is 11.6 Å². The molecule has 0 unspecified atom stereocenters. The molecule has 0 N–H and O–H groups in total. The lowest BCUT2D eigenvalue weighted by molar-refractivity contribution is -0.132. The summed E-state index contributed by atoms with van der Waals surface area (Å²) in [6.07, 6.45) is 5.60. The van der Waals surface area contributed by atoms with E-state index in [0.717, 1.165) is 54.6 Å². The zero-order valence-electron chi connectivity index (χ0n) is 17.7. The van der Waals surface area contributed by atoms with E-state index in [2.05, 4.69) is 29.3 Å². The second kappa shape index (κ2) is 7.96. The summed E-state index contributed by atoms with van der Waals surface area (Å²) in [4.78, 5) is 33.7. The summed E-state index contributed by atoms with van der Waals surface area (Å²) in [7, 11) is 0. The number of likely N-dealkylation sites (tertiary alicyclic amines) is 1. The van der Waals surface area contributed by atoms with Crippen molar-refractivity contribution < 1.29 is 9.21 Å². The molecule has 5 heterocycles. The van der Waals surface area contributed by atoms with E-state index in [1.807, 2.05) is 4.90 Å². The molecule has 31 heavy (non-hydrogen) atoms. The van der Waals surface area contributed by atoms with Gasteiger partial charge in [-0.05, 0) is 54.7 Å². The fourth-order valence-corrected chi connectivity index (χ4v) is 5.32. The summed E-state index contributed by atoms with van der Waals surface area (Å²) in [6.45, 7) is 5.86. The van der Waals surface area contributed by atoms with Crippen LogP contribution in [0.15, 0.2) is 33.0 Å². The molecule has 0 aromatic carbocycles. The Hall–Kier alpha value is -2.94. The van der Waals surface area contributed by atoms with Gasteiger partial charge in [-0.15, -0.1) is 16.4 Å². The van der Waals surface area contributed by atoms with Crippen LogP contribution >= 0.6 is 11.3 Å². The molecule has 5 rings (SSSR count). The highest BCUT2D eigenvalue weighted by molar-refractivity contribution is 7.17. The zero-order chi connectivity index (χ0) is 21.5. The molecule has 9 heteroatoms. The Morgan fingerprint density at radius 2 is 2.06 bits per heavy atom. The van der Waals surface area contributed by atoms with E-state index in [-0.39, 0.29) is 18.1 Å². The van der Waals surface area contributed by atoms with Crippen LogP contribution < -0.4 is 5.69 Å². The van der Waals surface area contributed by atoms with Gasteiger partial charge in [-0.2, -0.15) is 4.52 Å². The number of aromatic nitrogens is 4. The van der Waals surface area contributed by atoms with Crippen molar-refractivity contribution >= 4 is 33.1 Å². The van der Waals surface area contributed by atoms with Crippen LogP contribution in [0.3, 0.4) is 0 Å². The number of furan rings is 1. The molecular formula is C22H25N5O3S. The summed E-state index contributed by atoms with van der Waals surface area (Å²) in [5.41, 5.74) is 1.29. The highest BCUT2D eigenvalue weighted by Gasteiger charge is 2.24. The monoisotopic (exact) mass is 439 g/mol. The minimum atomic E-state index is -0.351. The number of piperidine rings is 1. The van der Waals surface area contributed by atoms with Crippen LogP contribution in [-0.2, 0) is 17.8 Å². The molecule has 0 bridgehead atoms. The number of hydrogen-bond donors (Lipinski definition) is 0. The molecule has 0 atom stereocenters. The molecule has 0 radical (unpaired) electrons. The highest BCUT2D eigenvalue weighted by Crippen LogP contribution is 2.31. The van der Waals surface area contributed by atoms with Crippen LogP contribution in [0.4, 0.5) is 0 Å². The van der Waals surface area contributed by atoms with Gasteiger partial charge in [-0.1, -0.05) is 13.8 Å². The second-order valence-corrected chi connectivity index (χ2v) is 9.36. The smallest absolute Gasteiger partial charge is 0.352 e. The topological polar surface area (TPSA) is 85.6 Å². The van der Waals surface area contributed by atoms with Crippen molar-refractivity contribution in [1.29, 1.82) is 0 Å². The van der Waals surface area contributed by atoms with Crippen molar-refractivity contribution in [1.82, 2.24) is 24.1 Å². The third kappa shape index (κ3) is 3.56. The van der Waals surface area contributed by atoms with Gasteiger partial charge in [0.2, 0.25) is 11.7 Å². The Labute approximate surface area is 183 Å². The first-order valence-electron chi connectivity index (χ1n) is 10.7. The molecule has 0 spiro atoms. The first kappa shape index (κ1) is 20.0. The van der Waals surface area contributed by atoms with Crippen molar-refractivity contribution in [2.75, 3.05) is 13.1 Å². The summed E-state index contributed by atoms with van der Waals surface area (Å²) in [5, 5.41) is 7.42. The number of amides is 1. The van der Waals surface area contributed by atoms with E-state index in [1.165, 1.54) is 15.9 Å². The van der Waals surface area contributed by atoms with E-state index in [4.69, 9.17) is 4.42 Å². The lowest BCUT2D eigenvalue weighted by atomic mass is 10.0. The van der Waals surface area contributed by atoms with Crippen LogP contribution in [0.2, 0.25) is 0 Å². The number of thiophene rings is 1.